The number of aromatic nitrogens is 2. The number of aromatic carboxylic acids is 1. The van der Waals surface area contributed by atoms with Crippen LogP contribution in [0.5, 0.6) is 0 Å². The Morgan fingerprint density at radius 3 is 2.39 bits per heavy atom. The van der Waals surface area contributed by atoms with E-state index in [0.29, 0.717) is 10.7 Å². The van der Waals surface area contributed by atoms with Gasteiger partial charge in [0, 0.05) is 23.6 Å². The molecule has 3 aromatic carbocycles. The second-order valence-electron chi connectivity index (χ2n) is 7.64. The number of benzene rings is 3. The van der Waals surface area contributed by atoms with Gasteiger partial charge in [-0.05, 0) is 48.5 Å². The van der Waals surface area contributed by atoms with Gasteiger partial charge in [-0.3, -0.25) is 9.59 Å². The molecule has 0 saturated carbocycles. The van der Waals surface area contributed by atoms with Crippen LogP contribution in [0.2, 0.25) is 5.02 Å². The molecule has 4 aromatic rings. The van der Waals surface area contributed by atoms with Crippen LogP contribution in [0.4, 0.5) is 23.2 Å². The number of anilines is 1. The summed E-state index contributed by atoms with van der Waals surface area (Å²) in [7, 11) is 0. The Labute approximate surface area is 204 Å². The molecule has 0 bridgehead atoms. The summed E-state index contributed by atoms with van der Waals surface area (Å²) >= 11 is 5.99. The number of carboxylic acid groups (broad SMARTS) is 1. The highest BCUT2D eigenvalue weighted by Gasteiger charge is 2.37. The van der Waals surface area contributed by atoms with Crippen molar-refractivity contribution in [1.29, 1.82) is 0 Å². The second kappa shape index (κ2) is 9.08. The van der Waals surface area contributed by atoms with Crippen molar-refractivity contribution in [2.45, 2.75) is 13.1 Å². The number of nitrogens with zero attached hydrogens (tertiary/aromatic N) is 2. The molecule has 0 fully saturated rings. The molecule has 2 N–H and O–H groups in total. The fraction of sp³-hybridized carbons (Fsp3) is 0.0833. The van der Waals surface area contributed by atoms with E-state index in [0.717, 1.165) is 30.3 Å². The average molecular weight is 520 g/mol. The number of alkyl halides is 3. The van der Waals surface area contributed by atoms with Crippen LogP contribution in [0.3, 0.4) is 0 Å². The monoisotopic (exact) mass is 519 g/mol. The van der Waals surface area contributed by atoms with Crippen molar-refractivity contribution in [1.82, 2.24) is 9.78 Å². The molecule has 12 heteroatoms. The maximum atomic E-state index is 14.9. The molecule has 0 unspecified atom stereocenters. The van der Waals surface area contributed by atoms with E-state index in [2.05, 4.69) is 10.4 Å². The van der Waals surface area contributed by atoms with E-state index >= 15 is 0 Å². The number of amides is 1. The van der Waals surface area contributed by atoms with Crippen LogP contribution in [0.1, 0.15) is 33.2 Å². The molecular weight excluding hydrogens is 506 g/mol. The van der Waals surface area contributed by atoms with Gasteiger partial charge < -0.3 is 10.4 Å². The third-order valence-electron chi connectivity index (χ3n) is 5.20. The fourth-order valence-electron chi connectivity index (χ4n) is 3.67. The predicted molar refractivity (Wildman–Crippen MR) is 123 cm³/mol. The molecule has 0 aliphatic carbocycles. The summed E-state index contributed by atoms with van der Waals surface area (Å²) < 4.78 is 56.5. The van der Waals surface area contributed by atoms with Crippen molar-refractivity contribution in [3.63, 3.8) is 0 Å². The van der Waals surface area contributed by atoms with Crippen LogP contribution in [-0.2, 0) is 11.0 Å². The summed E-state index contributed by atoms with van der Waals surface area (Å²) in [6.45, 7) is 1.23. The topological polar surface area (TPSA) is 101 Å². The smallest absolute Gasteiger partial charge is 0.417 e. The molecule has 0 saturated heterocycles. The summed E-state index contributed by atoms with van der Waals surface area (Å²) in [4.78, 5) is 36.1. The first kappa shape index (κ1) is 24.9. The molecule has 0 radical (unpaired) electrons. The number of carboxylic acids is 1. The molecule has 0 aliphatic heterocycles. The van der Waals surface area contributed by atoms with Gasteiger partial charge in [-0.2, -0.15) is 23.0 Å². The van der Waals surface area contributed by atoms with Crippen molar-refractivity contribution in [3.8, 4) is 11.3 Å². The van der Waals surface area contributed by atoms with E-state index in [1.807, 2.05) is 0 Å². The number of nitrogens with one attached hydrogen (secondary N) is 1. The van der Waals surface area contributed by atoms with E-state index in [-0.39, 0.29) is 33.4 Å². The van der Waals surface area contributed by atoms with E-state index in [1.165, 1.54) is 25.1 Å². The van der Waals surface area contributed by atoms with Crippen molar-refractivity contribution in [3.05, 3.63) is 82.1 Å². The number of hydrogen-bond donors (Lipinski definition) is 2. The van der Waals surface area contributed by atoms with Gasteiger partial charge in [0.1, 0.15) is 11.5 Å². The van der Waals surface area contributed by atoms with E-state index < -0.39 is 45.9 Å². The van der Waals surface area contributed by atoms with E-state index in [1.54, 1.807) is 0 Å². The van der Waals surface area contributed by atoms with Gasteiger partial charge in [0.15, 0.2) is 0 Å². The summed E-state index contributed by atoms with van der Waals surface area (Å²) in [5.41, 5.74) is -2.67. The number of halogens is 5. The van der Waals surface area contributed by atoms with Crippen LogP contribution in [0.25, 0.3) is 22.2 Å². The van der Waals surface area contributed by atoms with E-state index in [9.17, 15) is 31.9 Å². The van der Waals surface area contributed by atoms with Crippen LogP contribution in [0, 0.1) is 5.82 Å². The van der Waals surface area contributed by atoms with Crippen molar-refractivity contribution < 1.29 is 37.1 Å². The third-order valence-corrected chi connectivity index (χ3v) is 5.51. The lowest BCUT2D eigenvalue weighted by molar-refractivity contribution is -0.138. The SMILES string of the molecule is CC(=O)Nc1ccc2c(-c3ccc(C(=O)O)cc3F)nn(C(=O)c3c(Cl)cccc3C(F)(F)F)c2c1. The maximum Gasteiger partial charge on any atom is 0.417 e. The molecule has 0 spiro atoms. The first-order valence-electron chi connectivity index (χ1n) is 10.1. The molecular formula is C24H14ClF4N3O4. The Morgan fingerprint density at radius 2 is 1.78 bits per heavy atom. The van der Waals surface area contributed by atoms with Crippen LogP contribution >= 0.6 is 11.6 Å². The van der Waals surface area contributed by atoms with Gasteiger partial charge in [0.05, 0.1) is 27.2 Å². The number of carbonyl (C=O) groups is 3. The standard InChI is InChI=1S/C24H14ClF4N3O4/c1-11(33)30-13-6-8-15-19(10-13)32(22(34)20-16(24(27,28)29)3-2-4-17(20)25)31-21(15)14-7-5-12(23(35)36)9-18(14)26/h2-10H,1H3,(H,30,33)(H,35,36). The van der Waals surface area contributed by atoms with Gasteiger partial charge in [-0.25, -0.2) is 9.18 Å². The lowest BCUT2D eigenvalue weighted by Gasteiger charge is -2.13. The minimum absolute atomic E-state index is 0.0454. The Balaban J connectivity index is 2.00. The van der Waals surface area contributed by atoms with Gasteiger partial charge in [-0.1, -0.05) is 17.7 Å². The summed E-state index contributed by atoms with van der Waals surface area (Å²) in [6, 6.07) is 9.98. The highest BCUT2D eigenvalue weighted by Crippen LogP contribution is 2.37. The normalized spacial score (nSPS) is 11.5. The Morgan fingerprint density at radius 1 is 1.06 bits per heavy atom. The number of carbonyl (C=O) groups excluding carboxylic acids is 2. The second-order valence-corrected chi connectivity index (χ2v) is 8.05. The van der Waals surface area contributed by atoms with Crippen LogP contribution in [-0.4, -0.2) is 32.7 Å². The van der Waals surface area contributed by atoms with Crippen LogP contribution in [0.15, 0.2) is 54.6 Å². The molecule has 4 rings (SSSR count). The minimum atomic E-state index is -4.91. The average Bonchev–Trinajstić information content (AvgIpc) is 3.16. The predicted octanol–water partition coefficient (Wildman–Crippen LogP) is 5.86. The summed E-state index contributed by atoms with van der Waals surface area (Å²) in [5.74, 6) is -4.04. The van der Waals surface area contributed by atoms with Crippen LogP contribution < -0.4 is 5.32 Å². The van der Waals surface area contributed by atoms with Gasteiger partial charge in [-0.15, -0.1) is 0 Å². The van der Waals surface area contributed by atoms with Crippen molar-refractivity contribution in [2.24, 2.45) is 0 Å². The molecule has 36 heavy (non-hydrogen) atoms. The summed E-state index contributed by atoms with van der Waals surface area (Å²) in [6.07, 6.45) is -4.91. The molecule has 1 amide bonds. The first-order valence-corrected chi connectivity index (χ1v) is 10.5. The zero-order valence-electron chi connectivity index (χ0n) is 18.2. The third kappa shape index (κ3) is 4.52. The highest BCUT2D eigenvalue weighted by atomic mass is 35.5. The Hall–Kier alpha value is -4.25. The van der Waals surface area contributed by atoms with Gasteiger partial charge in [0.2, 0.25) is 5.91 Å². The van der Waals surface area contributed by atoms with Gasteiger partial charge in [0.25, 0.3) is 5.91 Å². The lowest BCUT2D eigenvalue weighted by atomic mass is 10.0. The molecule has 7 nitrogen and oxygen atoms in total. The number of fused-ring (bicyclic) bond motifs is 1. The molecule has 0 aliphatic rings. The van der Waals surface area contributed by atoms with Gasteiger partial charge >= 0.3 is 12.1 Å². The number of rotatable bonds is 4. The highest BCUT2D eigenvalue weighted by molar-refractivity contribution is 6.34. The summed E-state index contributed by atoms with van der Waals surface area (Å²) in [5, 5.41) is 15.4. The molecule has 0 atom stereocenters. The fourth-order valence-corrected chi connectivity index (χ4v) is 3.93. The largest absolute Gasteiger partial charge is 0.478 e. The quantitative estimate of drug-likeness (QED) is 0.329. The maximum absolute atomic E-state index is 14.9. The first-order chi connectivity index (χ1) is 16.9. The van der Waals surface area contributed by atoms with Crippen molar-refractivity contribution in [2.75, 3.05) is 5.32 Å². The molecule has 1 aromatic heterocycles. The zero-order valence-corrected chi connectivity index (χ0v) is 18.9. The Bertz CT molecular complexity index is 1560. The van der Waals surface area contributed by atoms with Crippen molar-refractivity contribution >= 4 is 46.0 Å². The molecule has 184 valence electrons. The Kier molecular flexibility index (Phi) is 6.27. The van der Waals surface area contributed by atoms with E-state index in [4.69, 9.17) is 16.7 Å². The lowest BCUT2D eigenvalue weighted by Crippen LogP contribution is -2.20. The molecule has 1 heterocycles. The number of hydrogen-bond acceptors (Lipinski definition) is 4. The zero-order chi connectivity index (χ0) is 26.4. The minimum Gasteiger partial charge on any atom is -0.478 e.